The molecule has 1 amide bonds. The molecule has 0 aliphatic carbocycles. The fourth-order valence-corrected chi connectivity index (χ4v) is 3.85. The number of nitrogens with one attached hydrogen (secondary N) is 1. The molecule has 1 aromatic heterocycles. The Kier molecular flexibility index (Phi) is 5.81. The van der Waals surface area contributed by atoms with E-state index >= 15 is 0 Å². The lowest BCUT2D eigenvalue weighted by atomic mass is 10.1. The second kappa shape index (κ2) is 8.04. The maximum atomic E-state index is 12.0. The first-order valence-corrected chi connectivity index (χ1v) is 9.26. The van der Waals surface area contributed by atoms with E-state index in [1.54, 1.807) is 0 Å². The molecule has 0 spiro atoms. The fraction of sp³-hybridized carbons (Fsp3) is 0.750. The van der Waals surface area contributed by atoms with Crippen molar-refractivity contribution in [2.45, 2.75) is 57.6 Å². The zero-order valence-electron chi connectivity index (χ0n) is 13.1. The summed E-state index contributed by atoms with van der Waals surface area (Å²) >= 11 is 1.52. The van der Waals surface area contributed by atoms with E-state index in [1.807, 2.05) is 0 Å². The van der Waals surface area contributed by atoms with Crippen molar-refractivity contribution in [3.63, 3.8) is 0 Å². The third-order valence-electron chi connectivity index (χ3n) is 4.35. The highest BCUT2D eigenvalue weighted by molar-refractivity contribution is 7.13. The van der Waals surface area contributed by atoms with Gasteiger partial charge in [-0.1, -0.05) is 6.42 Å². The van der Waals surface area contributed by atoms with E-state index in [-0.39, 0.29) is 12.0 Å². The Labute approximate surface area is 136 Å². The number of likely N-dealkylation sites (tertiary alicyclic amines) is 1. The van der Waals surface area contributed by atoms with Gasteiger partial charge in [0.05, 0.1) is 11.8 Å². The Morgan fingerprint density at radius 2 is 2.23 bits per heavy atom. The molecule has 122 valence electrons. The lowest BCUT2D eigenvalue weighted by molar-refractivity contribution is -0.116. The molecule has 2 saturated heterocycles. The number of hydrogen-bond acceptors (Lipinski definition) is 5. The van der Waals surface area contributed by atoms with Crippen molar-refractivity contribution in [2.75, 3.05) is 25.0 Å². The second-order valence-electron chi connectivity index (χ2n) is 6.20. The Hall–Kier alpha value is -0.980. The van der Waals surface area contributed by atoms with Gasteiger partial charge in [-0.15, -0.1) is 11.3 Å². The monoisotopic (exact) mass is 323 g/mol. The zero-order chi connectivity index (χ0) is 15.2. The molecule has 0 aromatic carbocycles. The minimum atomic E-state index is 0.0503. The van der Waals surface area contributed by atoms with E-state index in [0.29, 0.717) is 6.42 Å². The molecule has 0 saturated carbocycles. The van der Waals surface area contributed by atoms with Crippen LogP contribution in [0, 0.1) is 0 Å². The smallest absolute Gasteiger partial charge is 0.226 e. The van der Waals surface area contributed by atoms with Crippen molar-refractivity contribution in [1.82, 2.24) is 9.88 Å². The Morgan fingerprint density at radius 1 is 1.36 bits per heavy atom. The lowest BCUT2D eigenvalue weighted by Crippen LogP contribution is -2.29. The Morgan fingerprint density at radius 3 is 3.00 bits per heavy atom. The average Bonchev–Trinajstić information content (AvgIpc) is 3.18. The van der Waals surface area contributed by atoms with Gasteiger partial charge in [-0.2, -0.15) is 0 Å². The van der Waals surface area contributed by atoms with E-state index < -0.39 is 0 Å². The first-order valence-electron chi connectivity index (χ1n) is 8.38. The van der Waals surface area contributed by atoms with Crippen LogP contribution in [0.2, 0.25) is 0 Å². The van der Waals surface area contributed by atoms with E-state index in [4.69, 9.17) is 4.74 Å². The minimum Gasteiger partial charge on any atom is -0.378 e. The highest BCUT2D eigenvalue weighted by atomic mass is 32.1. The van der Waals surface area contributed by atoms with Gasteiger partial charge in [-0.25, -0.2) is 4.98 Å². The first kappa shape index (κ1) is 15.9. The molecule has 3 rings (SSSR count). The third-order valence-corrected chi connectivity index (χ3v) is 5.16. The number of carbonyl (C=O) groups excluding carboxylic acids is 1. The maximum Gasteiger partial charge on any atom is 0.226 e. The van der Waals surface area contributed by atoms with Crippen LogP contribution in [0.25, 0.3) is 0 Å². The quantitative estimate of drug-likeness (QED) is 0.874. The Bertz CT molecular complexity index is 479. The van der Waals surface area contributed by atoms with Crippen LogP contribution in [0.1, 0.15) is 50.6 Å². The summed E-state index contributed by atoms with van der Waals surface area (Å²) < 4.78 is 5.54. The molecule has 5 nitrogen and oxygen atoms in total. The highest BCUT2D eigenvalue weighted by Gasteiger charge is 2.17. The molecule has 3 heterocycles. The second-order valence-corrected chi connectivity index (χ2v) is 7.06. The zero-order valence-corrected chi connectivity index (χ0v) is 13.9. The molecule has 6 heteroatoms. The number of ether oxygens (including phenoxy) is 1. The van der Waals surface area contributed by atoms with E-state index in [9.17, 15) is 4.79 Å². The van der Waals surface area contributed by atoms with Gasteiger partial charge in [-0.05, 0) is 45.2 Å². The van der Waals surface area contributed by atoms with Crippen molar-refractivity contribution in [3.05, 3.63) is 11.1 Å². The summed E-state index contributed by atoms with van der Waals surface area (Å²) in [5.41, 5.74) is 1.07. The van der Waals surface area contributed by atoms with Crippen molar-refractivity contribution >= 4 is 22.4 Å². The molecule has 1 aromatic rings. The van der Waals surface area contributed by atoms with Crippen LogP contribution in [-0.2, 0) is 16.1 Å². The van der Waals surface area contributed by atoms with E-state index in [0.717, 1.165) is 43.2 Å². The molecular weight excluding hydrogens is 298 g/mol. The predicted octanol–water partition coefficient (Wildman–Crippen LogP) is 3.03. The van der Waals surface area contributed by atoms with Crippen molar-refractivity contribution in [1.29, 1.82) is 0 Å². The van der Waals surface area contributed by atoms with Crippen molar-refractivity contribution in [3.8, 4) is 0 Å². The van der Waals surface area contributed by atoms with Crippen molar-refractivity contribution < 1.29 is 9.53 Å². The number of amides is 1. The van der Waals surface area contributed by atoms with Gasteiger partial charge in [0.1, 0.15) is 0 Å². The van der Waals surface area contributed by atoms with Crippen LogP contribution < -0.4 is 5.32 Å². The number of carbonyl (C=O) groups is 1. The molecule has 0 unspecified atom stereocenters. The number of thiazole rings is 1. The first-order chi connectivity index (χ1) is 10.8. The summed E-state index contributed by atoms with van der Waals surface area (Å²) in [5, 5.41) is 5.70. The SMILES string of the molecule is O=C(CC[C@H]1CCCO1)Nc1nc(CN2CCCCC2)cs1. The average molecular weight is 323 g/mol. The number of anilines is 1. The Balaban J connectivity index is 1.41. The summed E-state index contributed by atoms with van der Waals surface area (Å²) in [6.45, 7) is 4.09. The number of nitrogens with zero attached hydrogens (tertiary/aromatic N) is 2. The maximum absolute atomic E-state index is 12.0. The molecule has 1 atom stereocenters. The van der Waals surface area contributed by atoms with Crippen LogP contribution in [0.5, 0.6) is 0 Å². The van der Waals surface area contributed by atoms with Gasteiger partial charge in [0, 0.05) is 25.0 Å². The topological polar surface area (TPSA) is 54.5 Å². The fourth-order valence-electron chi connectivity index (χ4n) is 3.13. The molecular formula is C16H25N3O2S. The highest BCUT2D eigenvalue weighted by Crippen LogP contribution is 2.20. The predicted molar refractivity (Wildman–Crippen MR) is 88.1 cm³/mol. The largest absolute Gasteiger partial charge is 0.378 e. The van der Waals surface area contributed by atoms with Gasteiger partial charge in [0.25, 0.3) is 0 Å². The van der Waals surface area contributed by atoms with Gasteiger partial charge in [-0.3, -0.25) is 9.69 Å². The summed E-state index contributed by atoms with van der Waals surface area (Å²) in [6.07, 6.45) is 7.75. The van der Waals surface area contributed by atoms with Gasteiger partial charge in [0.15, 0.2) is 5.13 Å². The van der Waals surface area contributed by atoms with Crippen LogP contribution >= 0.6 is 11.3 Å². The number of aromatic nitrogens is 1. The molecule has 2 aliphatic rings. The van der Waals surface area contributed by atoms with Gasteiger partial charge >= 0.3 is 0 Å². The van der Waals surface area contributed by atoms with Crippen LogP contribution in [0.3, 0.4) is 0 Å². The summed E-state index contributed by atoms with van der Waals surface area (Å²) in [6, 6.07) is 0. The molecule has 22 heavy (non-hydrogen) atoms. The lowest BCUT2D eigenvalue weighted by Gasteiger charge is -2.25. The van der Waals surface area contributed by atoms with Gasteiger partial charge < -0.3 is 10.1 Å². The standard InChI is InChI=1S/C16H25N3O2S/c20-15(7-6-14-5-4-10-21-14)18-16-17-13(12-22-16)11-19-8-2-1-3-9-19/h12,14H,1-11H2,(H,17,18,20)/t14-/m1/s1. The van der Waals surface area contributed by atoms with E-state index in [1.165, 1.54) is 43.7 Å². The molecule has 1 N–H and O–H groups in total. The summed E-state index contributed by atoms with van der Waals surface area (Å²) in [4.78, 5) is 18.9. The van der Waals surface area contributed by atoms with Crippen LogP contribution in [0.15, 0.2) is 5.38 Å². The molecule has 2 aliphatic heterocycles. The minimum absolute atomic E-state index is 0.0503. The number of rotatable bonds is 6. The summed E-state index contributed by atoms with van der Waals surface area (Å²) in [7, 11) is 0. The molecule has 0 bridgehead atoms. The molecule has 0 radical (unpaired) electrons. The van der Waals surface area contributed by atoms with Crippen LogP contribution in [-0.4, -0.2) is 41.6 Å². The summed E-state index contributed by atoms with van der Waals surface area (Å²) in [5.74, 6) is 0.0503. The normalized spacial score (nSPS) is 22.8. The van der Waals surface area contributed by atoms with Crippen molar-refractivity contribution in [2.24, 2.45) is 0 Å². The van der Waals surface area contributed by atoms with E-state index in [2.05, 4.69) is 20.6 Å². The molecule has 2 fully saturated rings. The van der Waals surface area contributed by atoms with Gasteiger partial charge in [0.2, 0.25) is 5.91 Å². The number of hydrogen-bond donors (Lipinski definition) is 1. The number of piperidine rings is 1. The third kappa shape index (κ3) is 4.76. The van der Waals surface area contributed by atoms with Crippen LogP contribution in [0.4, 0.5) is 5.13 Å².